The zero-order chi connectivity index (χ0) is 19.8. The van der Waals surface area contributed by atoms with E-state index in [9.17, 15) is 9.59 Å². The first-order valence-electron chi connectivity index (χ1n) is 10.1. The standard InChI is InChI=1S/C24H22O5/c25-23-12-19(21-10-17-5-2-6-18(17)11-22(21)29-23)13-28-24(26)14-27-20-8-7-15-3-1-4-16(15)9-20/h7-12H,1-6,13-14H2. The van der Waals surface area contributed by atoms with E-state index in [1.54, 1.807) is 0 Å². The van der Waals surface area contributed by atoms with Crippen molar-refractivity contribution in [3.05, 3.63) is 74.6 Å². The van der Waals surface area contributed by atoms with Crippen molar-refractivity contribution < 1.29 is 18.7 Å². The third kappa shape index (κ3) is 3.65. The van der Waals surface area contributed by atoms with Crippen molar-refractivity contribution in [1.29, 1.82) is 0 Å². The number of fused-ring (bicyclic) bond motifs is 3. The minimum Gasteiger partial charge on any atom is -0.482 e. The highest BCUT2D eigenvalue weighted by molar-refractivity contribution is 5.82. The van der Waals surface area contributed by atoms with Gasteiger partial charge < -0.3 is 13.9 Å². The SMILES string of the molecule is O=C(COc1ccc2c(c1)CCC2)OCc1cc(=O)oc2cc3c(cc12)CCC3. The van der Waals surface area contributed by atoms with Crippen LogP contribution in [0.4, 0.5) is 0 Å². The molecule has 1 aromatic heterocycles. The number of ether oxygens (including phenoxy) is 2. The molecule has 148 valence electrons. The molecule has 3 aromatic rings. The van der Waals surface area contributed by atoms with Crippen molar-refractivity contribution in [3.8, 4) is 5.75 Å². The molecule has 5 heteroatoms. The summed E-state index contributed by atoms with van der Waals surface area (Å²) in [5, 5.41) is 0.831. The first kappa shape index (κ1) is 18.0. The average Bonchev–Trinajstić information content (AvgIpc) is 3.37. The van der Waals surface area contributed by atoms with Crippen LogP contribution in [0.25, 0.3) is 11.0 Å². The van der Waals surface area contributed by atoms with E-state index in [0.29, 0.717) is 16.9 Å². The minimum absolute atomic E-state index is 0.0211. The molecular formula is C24H22O5. The number of carbonyl (C=O) groups excluding carboxylic acids is 1. The largest absolute Gasteiger partial charge is 0.482 e. The van der Waals surface area contributed by atoms with Crippen LogP contribution in [-0.2, 0) is 41.8 Å². The fourth-order valence-electron chi connectivity index (χ4n) is 4.39. The summed E-state index contributed by atoms with van der Waals surface area (Å²) in [5.41, 5.74) is 5.95. The Morgan fingerprint density at radius 1 is 0.897 bits per heavy atom. The Morgan fingerprint density at radius 3 is 2.45 bits per heavy atom. The van der Waals surface area contributed by atoms with Gasteiger partial charge in [0.25, 0.3) is 0 Å². The lowest BCUT2D eigenvalue weighted by Crippen LogP contribution is -2.15. The molecular weight excluding hydrogens is 368 g/mol. The average molecular weight is 390 g/mol. The van der Waals surface area contributed by atoms with Crippen LogP contribution < -0.4 is 10.4 Å². The molecule has 0 unspecified atom stereocenters. The lowest BCUT2D eigenvalue weighted by Gasteiger charge is -2.10. The summed E-state index contributed by atoms with van der Waals surface area (Å²) < 4.78 is 16.3. The normalized spacial score (nSPS) is 14.6. The van der Waals surface area contributed by atoms with Gasteiger partial charge in [0, 0.05) is 17.0 Å². The molecule has 2 aliphatic carbocycles. The van der Waals surface area contributed by atoms with Crippen LogP contribution in [0, 0.1) is 0 Å². The van der Waals surface area contributed by atoms with Crippen molar-refractivity contribution in [3.63, 3.8) is 0 Å². The van der Waals surface area contributed by atoms with Crippen molar-refractivity contribution in [2.24, 2.45) is 0 Å². The number of rotatable bonds is 5. The predicted molar refractivity (Wildman–Crippen MR) is 108 cm³/mol. The Bertz CT molecular complexity index is 1160. The molecule has 29 heavy (non-hydrogen) atoms. The van der Waals surface area contributed by atoms with Crippen LogP contribution in [0.5, 0.6) is 5.75 Å². The maximum Gasteiger partial charge on any atom is 0.344 e. The Hall–Kier alpha value is -3.08. The molecule has 1 heterocycles. The molecule has 5 nitrogen and oxygen atoms in total. The molecule has 0 bridgehead atoms. The van der Waals surface area contributed by atoms with Crippen LogP contribution in [0.2, 0.25) is 0 Å². The van der Waals surface area contributed by atoms with Gasteiger partial charge >= 0.3 is 11.6 Å². The lowest BCUT2D eigenvalue weighted by atomic mass is 10.0. The van der Waals surface area contributed by atoms with Crippen molar-refractivity contribution in [2.45, 2.75) is 45.1 Å². The van der Waals surface area contributed by atoms with Gasteiger partial charge in [0.15, 0.2) is 6.61 Å². The van der Waals surface area contributed by atoms with E-state index >= 15 is 0 Å². The highest BCUT2D eigenvalue weighted by Crippen LogP contribution is 2.29. The predicted octanol–water partition coefficient (Wildman–Crippen LogP) is 3.89. The summed E-state index contributed by atoms with van der Waals surface area (Å²) in [6, 6.07) is 11.4. The maximum absolute atomic E-state index is 12.2. The van der Waals surface area contributed by atoms with Crippen LogP contribution in [0.1, 0.15) is 40.7 Å². The molecule has 5 rings (SSSR count). The number of hydrogen-bond donors (Lipinski definition) is 0. The number of carbonyl (C=O) groups is 1. The number of esters is 1. The maximum atomic E-state index is 12.2. The number of hydrogen-bond acceptors (Lipinski definition) is 5. The molecule has 0 aliphatic heterocycles. The summed E-state index contributed by atoms with van der Waals surface area (Å²) in [6.45, 7) is -0.138. The molecule has 0 fully saturated rings. The molecule has 0 saturated carbocycles. The number of aryl methyl sites for hydroxylation is 4. The highest BCUT2D eigenvalue weighted by atomic mass is 16.6. The molecule has 2 aromatic carbocycles. The van der Waals surface area contributed by atoms with Gasteiger partial charge in [-0.05, 0) is 85.0 Å². The molecule has 0 N–H and O–H groups in total. The Balaban J connectivity index is 1.26. The fraction of sp³-hybridized carbons (Fsp3) is 0.333. The lowest BCUT2D eigenvalue weighted by molar-refractivity contribution is -0.147. The molecule has 0 radical (unpaired) electrons. The van der Waals surface area contributed by atoms with Gasteiger partial charge in [0.05, 0.1) is 0 Å². The fourth-order valence-corrected chi connectivity index (χ4v) is 4.39. The van der Waals surface area contributed by atoms with E-state index in [2.05, 4.69) is 12.1 Å². The molecule has 2 aliphatic rings. The van der Waals surface area contributed by atoms with Crippen LogP contribution in [0.15, 0.2) is 45.6 Å². The van der Waals surface area contributed by atoms with E-state index in [-0.39, 0.29) is 13.2 Å². The van der Waals surface area contributed by atoms with Crippen LogP contribution in [-0.4, -0.2) is 12.6 Å². The van der Waals surface area contributed by atoms with Gasteiger partial charge in [-0.2, -0.15) is 0 Å². The van der Waals surface area contributed by atoms with Crippen molar-refractivity contribution in [1.82, 2.24) is 0 Å². The van der Waals surface area contributed by atoms with E-state index < -0.39 is 11.6 Å². The van der Waals surface area contributed by atoms with Crippen LogP contribution in [0.3, 0.4) is 0 Å². The second-order valence-electron chi connectivity index (χ2n) is 7.79. The van der Waals surface area contributed by atoms with Gasteiger partial charge in [0.1, 0.15) is 17.9 Å². The highest BCUT2D eigenvalue weighted by Gasteiger charge is 2.16. The van der Waals surface area contributed by atoms with Crippen molar-refractivity contribution in [2.75, 3.05) is 6.61 Å². The van der Waals surface area contributed by atoms with E-state index in [0.717, 1.165) is 37.5 Å². The second-order valence-corrected chi connectivity index (χ2v) is 7.79. The summed E-state index contributed by atoms with van der Waals surface area (Å²) in [5.74, 6) is 0.219. The Kier molecular flexibility index (Phi) is 4.58. The molecule has 0 saturated heterocycles. The van der Waals surface area contributed by atoms with E-state index in [1.807, 2.05) is 18.2 Å². The first-order valence-corrected chi connectivity index (χ1v) is 10.1. The quantitative estimate of drug-likeness (QED) is 0.488. The second kappa shape index (κ2) is 7.39. The third-order valence-electron chi connectivity index (χ3n) is 5.86. The van der Waals surface area contributed by atoms with Gasteiger partial charge in [0.2, 0.25) is 0 Å². The van der Waals surface area contributed by atoms with Crippen molar-refractivity contribution >= 4 is 16.9 Å². The van der Waals surface area contributed by atoms with E-state index in [4.69, 9.17) is 13.9 Å². The minimum atomic E-state index is -0.465. The summed E-state index contributed by atoms with van der Waals surface area (Å²) >= 11 is 0. The van der Waals surface area contributed by atoms with Gasteiger partial charge in [-0.3, -0.25) is 0 Å². The van der Waals surface area contributed by atoms with Gasteiger partial charge in [-0.25, -0.2) is 9.59 Å². The molecule has 0 atom stereocenters. The molecule has 0 spiro atoms. The molecule has 0 amide bonds. The van der Waals surface area contributed by atoms with Crippen LogP contribution >= 0.6 is 0 Å². The Morgan fingerprint density at radius 2 is 1.62 bits per heavy atom. The van der Waals surface area contributed by atoms with Gasteiger partial charge in [-0.15, -0.1) is 0 Å². The zero-order valence-electron chi connectivity index (χ0n) is 16.2. The summed E-state index contributed by atoms with van der Waals surface area (Å²) in [6.07, 6.45) is 6.49. The smallest absolute Gasteiger partial charge is 0.344 e. The number of benzene rings is 2. The third-order valence-corrected chi connectivity index (χ3v) is 5.86. The first-order chi connectivity index (χ1) is 14.2. The summed E-state index contributed by atoms with van der Waals surface area (Å²) in [4.78, 5) is 24.1. The zero-order valence-corrected chi connectivity index (χ0v) is 16.2. The topological polar surface area (TPSA) is 65.7 Å². The van der Waals surface area contributed by atoms with Gasteiger partial charge in [-0.1, -0.05) is 6.07 Å². The monoisotopic (exact) mass is 390 g/mol. The summed E-state index contributed by atoms with van der Waals surface area (Å²) in [7, 11) is 0. The van der Waals surface area contributed by atoms with E-state index in [1.165, 1.54) is 34.7 Å². The Labute approximate surface area is 168 Å².